The molecule has 28 heavy (non-hydrogen) atoms. The zero-order chi connectivity index (χ0) is 20.5. The molecule has 1 amide bonds. The number of piperidine rings is 1. The van der Waals surface area contributed by atoms with Gasteiger partial charge in [-0.25, -0.2) is 12.8 Å². The van der Waals surface area contributed by atoms with Gasteiger partial charge in [-0.05, 0) is 50.5 Å². The van der Waals surface area contributed by atoms with E-state index in [4.69, 9.17) is 11.6 Å². The summed E-state index contributed by atoms with van der Waals surface area (Å²) in [5.41, 5.74) is 1.53. The van der Waals surface area contributed by atoms with Gasteiger partial charge in [0.25, 0.3) is 5.91 Å². The highest BCUT2D eigenvalue weighted by Gasteiger charge is 2.31. The molecule has 0 radical (unpaired) electrons. The van der Waals surface area contributed by atoms with Gasteiger partial charge in [-0.1, -0.05) is 35.4 Å². The van der Waals surface area contributed by atoms with E-state index in [2.05, 4.69) is 5.32 Å². The van der Waals surface area contributed by atoms with Gasteiger partial charge in [-0.2, -0.15) is 4.31 Å². The number of benzene rings is 2. The standard InChI is InChI=1S/C20H22ClFN2O3S/c1-13-6-7-18(14(2)12-13)28(26,27)24-10-8-15(9-11-24)23-20(25)19-16(21)4-3-5-17(19)22/h3-7,12,15H,8-11H2,1-2H3,(H,23,25). The zero-order valence-corrected chi connectivity index (χ0v) is 17.3. The fourth-order valence-corrected chi connectivity index (χ4v) is 5.36. The zero-order valence-electron chi connectivity index (χ0n) is 15.7. The van der Waals surface area contributed by atoms with E-state index in [9.17, 15) is 17.6 Å². The van der Waals surface area contributed by atoms with Crippen LogP contribution in [0, 0.1) is 19.7 Å². The SMILES string of the molecule is Cc1ccc(S(=O)(=O)N2CCC(NC(=O)c3c(F)cccc3Cl)CC2)c(C)c1. The van der Waals surface area contributed by atoms with Crippen molar-refractivity contribution in [3.05, 3.63) is 63.9 Å². The second-order valence-electron chi connectivity index (χ2n) is 7.02. The van der Waals surface area contributed by atoms with Crippen molar-refractivity contribution < 1.29 is 17.6 Å². The van der Waals surface area contributed by atoms with Gasteiger partial charge in [0.2, 0.25) is 10.0 Å². The first-order chi connectivity index (χ1) is 13.2. The van der Waals surface area contributed by atoms with Crippen LogP contribution in [0.4, 0.5) is 4.39 Å². The second kappa shape index (κ2) is 8.19. The van der Waals surface area contributed by atoms with Gasteiger partial charge >= 0.3 is 0 Å². The first-order valence-corrected chi connectivity index (χ1v) is 10.8. The molecule has 1 aliphatic heterocycles. The predicted molar refractivity (Wildman–Crippen MR) is 107 cm³/mol. The Balaban J connectivity index is 1.66. The highest BCUT2D eigenvalue weighted by atomic mass is 35.5. The Morgan fingerprint density at radius 1 is 1.18 bits per heavy atom. The number of halogens is 2. The summed E-state index contributed by atoms with van der Waals surface area (Å²) in [7, 11) is -3.59. The van der Waals surface area contributed by atoms with E-state index in [0.717, 1.165) is 5.56 Å². The molecule has 150 valence electrons. The summed E-state index contributed by atoms with van der Waals surface area (Å²) in [6, 6.07) is 9.09. The Morgan fingerprint density at radius 2 is 1.86 bits per heavy atom. The molecule has 3 rings (SSSR count). The van der Waals surface area contributed by atoms with Crippen LogP contribution in [0.3, 0.4) is 0 Å². The fraction of sp³-hybridized carbons (Fsp3) is 0.350. The van der Waals surface area contributed by atoms with Gasteiger partial charge in [0.05, 0.1) is 15.5 Å². The van der Waals surface area contributed by atoms with Crippen LogP contribution >= 0.6 is 11.6 Å². The molecule has 2 aromatic carbocycles. The van der Waals surface area contributed by atoms with Crippen LogP contribution < -0.4 is 5.32 Å². The number of sulfonamides is 1. The van der Waals surface area contributed by atoms with E-state index >= 15 is 0 Å². The third-order valence-electron chi connectivity index (χ3n) is 4.93. The molecule has 0 bridgehead atoms. The minimum atomic E-state index is -3.59. The maximum Gasteiger partial charge on any atom is 0.255 e. The van der Waals surface area contributed by atoms with Crippen molar-refractivity contribution in [3.8, 4) is 0 Å². The van der Waals surface area contributed by atoms with Crippen LogP contribution in [0.25, 0.3) is 0 Å². The van der Waals surface area contributed by atoms with Gasteiger partial charge in [-0.3, -0.25) is 4.79 Å². The van der Waals surface area contributed by atoms with Crippen molar-refractivity contribution in [1.29, 1.82) is 0 Å². The number of rotatable bonds is 4. The molecule has 8 heteroatoms. The highest BCUT2D eigenvalue weighted by Crippen LogP contribution is 2.25. The fourth-order valence-electron chi connectivity index (χ4n) is 3.44. The molecule has 0 aromatic heterocycles. The molecule has 5 nitrogen and oxygen atoms in total. The largest absolute Gasteiger partial charge is 0.349 e. The van der Waals surface area contributed by atoms with Crippen molar-refractivity contribution in [2.75, 3.05) is 13.1 Å². The Kier molecular flexibility index (Phi) is 6.07. The molecule has 2 aromatic rings. The summed E-state index contributed by atoms with van der Waals surface area (Å²) in [6.07, 6.45) is 0.893. The van der Waals surface area contributed by atoms with Gasteiger partial charge < -0.3 is 5.32 Å². The number of hydrogen-bond acceptors (Lipinski definition) is 3. The van der Waals surface area contributed by atoms with Crippen molar-refractivity contribution >= 4 is 27.5 Å². The minimum absolute atomic E-state index is 0.0485. The summed E-state index contributed by atoms with van der Waals surface area (Å²) in [6.45, 7) is 4.27. The molecule has 1 aliphatic rings. The van der Waals surface area contributed by atoms with Crippen LogP contribution in [0.15, 0.2) is 41.3 Å². The van der Waals surface area contributed by atoms with E-state index in [0.29, 0.717) is 23.3 Å². The lowest BCUT2D eigenvalue weighted by atomic mass is 10.1. The van der Waals surface area contributed by atoms with Crippen molar-refractivity contribution in [1.82, 2.24) is 9.62 Å². The molecule has 0 aliphatic carbocycles. The third kappa shape index (κ3) is 4.21. The minimum Gasteiger partial charge on any atom is -0.349 e. The average molecular weight is 425 g/mol. The van der Waals surface area contributed by atoms with Crippen molar-refractivity contribution in [3.63, 3.8) is 0 Å². The quantitative estimate of drug-likeness (QED) is 0.814. The number of amides is 1. The predicted octanol–water partition coefficient (Wildman–Crippen LogP) is 3.68. The molecule has 0 saturated carbocycles. The van der Waals surface area contributed by atoms with Crippen LogP contribution in [0.2, 0.25) is 5.02 Å². The molecule has 0 unspecified atom stereocenters. The molecule has 0 atom stereocenters. The van der Waals surface area contributed by atoms with Gasteiger partial charge in [0.15, 0.2) is 0 Å². The number of hydrogen-bond donors (Lipinski definition) is 1. The number of nitrogens with zero attached hydrogens (tertiary/aromatic N) is 1. The Hall–Kier alpha value is -1.96. The topological polar surface area (TPSA) is 66.5 Å². The lowest BCUT2D eigenvalue weighted by Crippen LogP contribution is -2.46. The third-order valence-corrected chi connectivity index (χ3v) is 7.30. The molecule has 1 N–H and O–H groups in total. The maximum atomic E-state index is 13.9. The molecular weight excluding hydrogens is 403 g/mol. The summed E-state index contributed by atoms with van der Waals surface area (Å²) in [5.74, 6) is -1.27. The molecule has 1 fully saturated rings. The van der Waals surface area contributed by atoms with E-state index in [1.807, 2.05) is 13.0 Å². The number of nitrogens with one attached hydrogen (secondary N) is 1. The van der Waals surface area contributed by atoms with Gasteiger partial charge in [-0.15, -0.1) is 0 Å². The Bertz CT molecular complexity index is 982. The first kappa shape index (κ1) is 20.8. The summed E-state index contributed by atoms with van der Waals surface area (Å²) in [4.78, 5) is 12.7. The summed E-state index contributed by atoms with van der Waals surface area (Å²) < 4.78 is 41.2. The normalized spacial score (nSPS) is 16.1. The highest BCUT2D eigenvalue weighted by molar-refractivity contribution is 7.89. The smallest absolute Gasteiger partial charge is 0.255 e. The van der Waals surface area contributed by atoms with Crippen LogP contribution in [-0.2, 0) is 10.0 Å². The van der Waals surface area contributed by atoms with E-state index in [-0.39, 0.29) is 29.7 Å². The summed E-state index contributed by atoms with van der Waals surface area (Å²) in [5, 5.41) is 2.81. The van der Waals surface area contributed by atoms with Crippen LogP contribution in [0.1, 0.15) is 34.3 Å². The molecule has 1 heterocycles. The molecule has 1 saturated heterocycles. The Labute approximate surface area is 169 Å². The van der Waals surface area contributed by atoms with Crippen molar-refractivity contribution in [2.45, 2.75) is 37.6 Å². The van der Waals surface area contributed by atoms with E-state index < -0.39 is 21.7 Å². The number of carbonyl (C=O) groups is 1. The second-order valence-corrected chi connectivity index (χ2v) is 9.33. The van der Waals surface area contributed by atoms with Gasteiger partial charge in [0.1, 0.15) is 5.82 Å². The number of carbonyl (C=O) groups excluding carboxylic acids is 1. The van der Waals surface area contributed by atoms with Crippen LogP contribution in [0.5, 0.6) is 0 Å². The summed E-state index contributed by atoms with van der Waals surface area (Å²) >= 11 is 5.93. The lowest BCUT2D eigenvalue weighted by Gasteiger charge is -2.32. The first-order valence-electron chi connectivity index (χ1n) is 9.02. The Morgan fingerprint density at radius 3 is 2.46 bits per heavy atom. The van der Waals surface area contributed by atoms with Crippen LogP contribution in [-0.4, -0.2) is 37.8 Å². The van der Waals surface area contributed by atoms with E-state index in [1.165, 1.54) is 22.5 Å². The molecule has 0 spiro atoms. The number of aryl methyl sites for hydroxylation is 2. The van der Waals surface area contributed by atoms with E-state index in [1.54, 1.807) is 19.1 Å². The molecular formula is C20H22ClFN2O3S. The van der Waals surface area contributed by atoms with Crippen molar-refractivity contribution in [2.24, 2.45) is 0 Å². The lowest BCUT2D eigenvalue weighted by molar-refractivity contribution is 0.0920. The maximum absolute atomic E-state index is 13.9. The van der Waals surface area contributed by atoms with Gasteiger partial charge in [0, 0.05) is 19.1 Å². The average Bonchev–Trinajstić information content (AvgIpc) is 2.61. The monoisotopic (exact) mass is 424 g/mol.